The molecule has 0 spiro atoms. The maximum Gasteiger partial charge on any atom is 0.262 e. The van der Waals surface area contributed by atoms with Gasteiger partial charge in [0.2, 0.25) is 0 Å². The highest BCUT2D eigenvalue weighted by molar-refractivity contribution is 8.00. The lowest BCUT2D eigenvalue weighted by Gasteiger charge is -2.12. The molecule has 0 saturated carbocycles. The van der Waals surface area contributed by atoms with Crippen LogP contribution in [0.15, 0.2) is 46.2 Å². The zero-order chi connectivity index (χ0) is 21.3. The van der Waals surface area contributed by atoms with E-state index in [9.17, 15) is 4.79 Å². The number of nitrogens with zero attached hydrogens (tertiary/aromatic N) is 2. The van der Waals surface area contributed by atoms with Crippen LogP contribution in [0.1, 0.15) is 18.3 Å². The number of amides is 1. The molecule has 158 valence electrons. The summed E-state index contributed by atoms with van der Waals surface area (Å²) in [5.74, 6) is 2.08. The van der Waals surface area contributed by atoms with E-state index in [0.29, 0.717) is 29.5 Å². The summed E-state index contributed by atoms with van der Waals surface area (Å²) in [6.07, 6.45) is 1.60. The number of carbonyl (C=O) groups excluding carboxylic acids is 1. The lowest BCUT2D eigenvalue weighted by molar-refractivity contribution is -0.118. The van der Waals surface area contributed by atoms with Crippen molar-refractivity contribution in [3.63, 3.8) is 0 Å². The summed E-state index contributed by atoms with van der Waals surface area (Å²) in [6, 6.07) is 8.97. The van der Waals surface area contributed by atoms with Crippen LogP contribution in [0.5, 0.6) is 17.2 Å². The Kier molecular flexibility index (Phi) is 7.92. The standard InChI is InChI=1S/C21H23N3O4S2/c1-4-27-17-7-5-15(6-8-17)24-20(25)11-28-18-9-16(22-10-19(18)26-3)13-30-21-23-14(2)12-29-21/h5-10,12H,4,11,13H2,1-3H3,(H,24,25). The van der Waals surface area contributed by atoms with Crippen LogP contribution in [0.25, 0.3) is 0 Å². The fourth-order valence-electron chi connectivity index (χ4n) is 2.49. The van der Waals surface area contributed by atoms with Crippen LogP contribution in [0, 0.1) is 6.92 Å². The molecule has 1 amide bonds. The smallest absolute Gasteiger partial charge is 0.262 e. The fourth-order valence-corrected chi connectivity index (χ4v) is 4.24. The van der Waals surface area contributed by atoms with Gasteiger partial charge in [0.25, 0.3) is 5.91 Å². The molecule has 7 nitrogen and oxygen atoms in total. The number of thioether (sulfide) groups is 1. The van der Waals surface area contributed by atoms with Crippen molar-refractivity contribution < 1.29 is 19.0 Å². The minimum Gasteiger partial charge on any atom is -0.494 e. The van der Waals surface area contributed by atoms with Crippen molar-refractivity contribution in [2.45, 2.75) is 23.9 Å². The average molecular weight is 446 g/mol. The summed E-state index contributed by atoms with van der Waals surface area (Å²) in [5, 5.41) is 4.81. The number of aromatic nitrogens is 2. The number of nitrogens with one attached hydrogen (secondary N) is 1. The quantitative estimate of drug-likeness (QED) is 0.458. The van der Waals surface area contributed by atoms with Gasteiger partial charge in [-0.25, -0.2) is 4.98 Å². The number of aryl methyl sites for hydroxylation is 1. The first-order chi connectivity index (χ1) is 14.6. The number of benzene rings is 1. The van der Waals surface area contributed by atoms with Crippen LogP contribution in [0.4, 0.5) is 5.69 Å². The summed E-state index contributed by atoms with van der Waals surface area (Å²) >= 11 is 3.21. The van der Waals surface area contributed by atoms with Gasteiger partial charge in [0.15, 0.2) is 18.1 Å². The van der Waals surface area contributed by atoms with Crippen LogP contribution in [-0.2, 0) is 10.5 Å². The number of thiazole rings is 1. The Labute approximate surface area is 183 Å². The lowest BCUT2D eigenvalue weighted by Crippen LogP contribution is -2.20. The SMILES string of the molecule is CCOc1ccc(NC(=O)COc2cc(CSc3nc(C)cs3)ncc2OC)cc1. The average Bonchev–Trinajstić information content (AvgIpc) is 3.17. The first-order valence-corrected chi connectivity index (χ1v) is 11.2. The molecule has 2 aromatic heterocycles. The number of anilines is 1. The predicted molar refractivity (Wildman–Crippen MR) is 119 cm³/mol. The van der Waals surface area contributed by atoms with Gasteiger partial charge in [-0.2, -0.15) is 0 Å². The third-order valence-corrected chi connectivity index (χ3v) is 6.03. The Hall–Kier alpha value is -2.78. The number of pyridine rings is 1. The minimum absolute atomic E-state index is 0.147. The van der Waals surface area contributed by atoms with E-state index in [1.807, 2.05) is 19.2 Å². The van der Waals surface area contributed by atoms with E-state index in [-0.39, 0.29) is 12.5 Å². The monoisotopic (exact) mass is 445 g/mol. The molecule has 0 aliphatic carbocycles. The molecule has 2 heterocycles. The number of rotatable bonds is 10. The summed E-state index contributed by atoms with van der Waals surface area (Å²) in [7, 11) is 1.54. The maximum atomic E-state index is 12.3. The first-order valence-electron chi connectivity index (χ1n) is 9.30. The second kappa shape index (κ2) is 10.8. The third kappa shape index (κ3) is 6.36. The number of carbonyl (C=O) groups is 1. The Balaban J connectivity index is 1.56. The summed E-state index contributed by atoms with van der Waals surface area (Å²) in [5.41, 5.74) is 2.49. The minimum atomic E-state index is -0.271. The largest absolute Gasteiger partial charge is 0.494 e. The summed E-state index contributed by atoms with van der Waals surface area (Å²) < 4.78 is 17.4. The highest BCUT2D eigenvalue weighted by Gasteiger charge is 2.11. The normalized spacial score (nSPS) is 10.5. The van der Waals surface area contributed by atoms with Gasteiger partial charge in [-0.1, -0.05) is 11.8 Å². The van der Waals surface area contributed by atoms with E-state index in [2.05, 4.69) is 15.3 Å². The van der Waals surface area contributed by atoms with Crippen LogP contribution < -0.4 is 19.5 Å². The van der Waals surface area contributed by atoms with Crippen molar-refractivity contribution in [2.24, 2.45) is 0 Å². The predicted octanol–water partition coefficient (Wildman–Crippen LogP) is 4.56. The van der Waals surface area contributed by atoms with E-state index in [4.69, 9.17) is 14.2 Å². The first kappa shape index (κ1) is 21.9. The van der Waals surface area contributed by atoms with Crippen LogP contribution in [-0.4, -0.2) is 36.2 Å². The molecule has 0 radical (unpaired) electrons. The van der Waals surface area contributed by atoms with Gasteiger partial charge >= 0.3 is 0 Å². The molecule has 0 saturated heterocycles. The molecule has 0 aliphatic rings. The maximum absolute atomic E-state index is 12.3. The van der Waals surface area contributed by atoms with Gasteiger partial charge in [-0.15, -0.1) is 11.3 Å². The molecule has 0 atom stereocenters. The molecule has 0 fully saturated rings. The van der Waals surface area contributed by atoms with Crippen molar-refractivity contribution in [3.8, 4) is 17.2 Å². The van der Waals surface area contributed by atoms with Crippen molar-refractivity contribution >= 4 is 34.7 Å². The Morgan fingerprint density at radius 3 is 2.67 bits per heavy atom. The Bertz CT molecular complexity index is 977. The fraction of sp³-hybridized carbons (Fsp3) is 0.286. The van der Waals surface area contributed by atoms with Gasteiger partial charge < -0.3 is 19.5 Å². The molecular weight excluding hydrogens is 422 g/mol. The second-order valence-electron chi connectivity index (χ2n) is 6.16. The molecule has 0 aliphatic heterocycles. The van der Waals surface area contributed by atoms with Crippen molar-refractivity contribution in [3.05, 3.63) is 53.3 Å². The highest BCUT2D eigenvalue weighted by atomic mass is 32.2. The lowest BCUT2D eigenvalue weighted by atomic mass is 10.3. The van der Waals surface area contributed by atoms with E-state index in [0.717, 1.165) is 21.5 Å². The zero-order valence-electron chi connectivity index (χ0n) is 17.0. The number of ether oxygens (including phenoxy) is 3. The molecule has 0 unspecified atom stereocenters. The summed E-state index contributed by atoms with van der Waals surface area (Å²) in [4.78, 5) is 21.1. The number of hydrogen-bond donors (Lipinski definition) is 1. The molecular formula is C21H23N3O4S2. The molecule has 1 N–H and O–H groups in total. The van der Waals surface area contributed by atoms with E-state index < -0.39 is 0 Å². The van der Waals surface area contributed by atoms with E-state index >= 15 is 0 Å². The van der Waals surface area contributed by atoms with Gasteiger partial charge in [0.1, 0.15) is 10.1 Å². The van der Waals surface area contributed by atoms with E-state index in [1.165, 1.54) is 7.11 Å². The van der Waals surface area contributed by atoms with Crippen molar-refractivity contribution in [1.29, 1.82) is 0 Å². The van der Waals surface area contributed by atoms with Gasteiger partial charge in [-0.05, 0) is 38.1 Å². The van der Waals surface area contributed by atoms with Crippen LogP contribution >= 0.6 is 23.1 Å². The third-order valence-electron chi connectivity index (χ3n) is 3.86. The number of methoxy groups -OCH3 is 1. The van der Waals surface area contributed by atoms with Gasteiger partial charge in [0, 0.05) is 28.6 Å². The molecule has 30 heavy (non-hydrogen) atoms. The zero-order valence-corrected chi connectivity index (χ0v) is 18.6. The Morgan fingerprint density at radius 1 is 1.20 bits per heavy atom. The molecule has 0 bridgehead atoms. The topological polar surface area (TPSA) is 82.6 Å². The molecule has 3 aromatic rings. The molecule has 3 rings (SSSR count). The highest BCUT2D eigenvalue weighted by Crippen LogP contribution is 2.30. The van der Waals surface area contributed by atoms with E-state index in [1.54, 1.807) is 59.6 Å². The van der Waals surface area contributed by atoms with Gasteiger partial charge in [0.05, 0.1) is 25.6 Å². The summed E-state index contributed by atoms with van der Waals surface area (Å²) in [6.45, 7) is 4.34. The molecule has 1 aromatic carbocycles. The second-order valence-corrected chi connectivity index (χ2v) is 8.24. The van der Waals surface area contributed by atoms with Crippen LogP contribution in [0.3, 0.4) is 0 Å². The van der Waals surface area contributed by atoms with Crippen LogP contribution in [0.2, 0.25) is 0 Å². The van der Waals surface area contributed by atoms with Crippen molar-refractivity contribution in [1.82, 2.24) is 9.97 Å². The van der Waals surface area contributed by atoms with Crippen molar-refractivity contribution in [2.75, 3.05) is 25.6 Å². The van der Waals surface area contributed by atoms with Gasteiger partial charge in [-0.3, -0.25) is 9.78 Å². The molecule has 9 heteroatoms. The number of hydrogen-bond acceptors (Lipinski definition) is 8. The Morgan fingerprint density at radius 2 is 2.00 bits per heavy atom.